The van der Waals surface area contributed by atoms with Gasteiger partial charge in [-0.15, -0.1) is 0 Å². The first-order valence-electron chi connectivity index (χ1n) is 10.3. The summed E-state index contributed by atoms with van der Waals surface area (Å²) >= 11 is 12.3. The van der Waals surface area contributed by atoms with Crippen LogP contribution in [0.1, 0.15) is 42.7 Å². The SMILES string of the molecule is COc1nc(NCCc2ccc(Cl)cc2Cl)cc(-c2cccc(C3CCCC3)c2)n1. The third kappa shape index (κ3) is 5.05. The molecule has 2 aromatic carbocycles. The highest BCUT2D eigenvalue weighted by molar-refractivity contribution is 6.35. The van der Waals surface area contributed by atoms with Crippen LogP contribution in [0.2, 0.25) is 10.0 Å². The fourth-order valence-electron chi connectivity index (χ4n) is 4.02. The summed E-state index contributed by atoms with van der Waals surface area (Å²) in [6.45, 7) is 0.684. The number of halogens is 2. The average Bonchev–Trinajstić information content (AvgIpc) is 3.30. The van der Waals surface area contributed by atoms with E-state index in [9.17, 15) is 0 Å². The molecule has 1 aliphatic rings. The molecule has 0 radical (unpaired) electrons. The third-order valence-corrected chi connectivity index (χ3v) is 6.20. The lowest BCUT2D eigenvalue weighted by Crippen LogP contribution is -2.08. The monoisotopic (exact) mass is 441 g/mol. The average molecular weight is 442 g/mol. The second-order valence-corrected chi connectivity index (χ2v) is 8.49. The second-order valence-electron chi connectivity index (χ2n) is 7.64. The fourth-order valence-corrected chi connectivity index (χ4v) is 4.52. The summed E-state index contributed by atoms with van der Waals surface area (Å²) in [6, 6.07) is 16.6. The first kappa shape index (κ1) is 21.0. The van der Waals surface area contributed by atoms with Gasteiger partial charge in [-0.25, -0.2) is 0 Å². The zero-order chi connectivity index (χ0) is 20.9. The lowest BCUT2D eigenvalue weighted by Gasteiger charge is -2.13. The van der Waals surface area contributed by atoms with E-state index >= 15 is 0 Å². The highest BCUT2D eigenvalue weighted by atomic mass is 35.5. The van der Waals surface area contributed by atoms with Crippen molar-refractivity contribution >= 4 is 29.0 Å². The van der Waals surface area contributed by atoms with Crippen LogP contribution in [0.4, 0.5) is 5.82 Å². The molecular formula is C24H25Cl2N3O. The van der Waals surface area contributed by atoms with Gasteiger partial charge in [0.15, 0.2) is 0 Å². The number of methoxy groups -OCH3 is 1. The number of ether oxygens (including phenoxy) is 1. The number of nitrogens with one attached hydrogen (secondary N) is 1. The van der Waals surface area contributed by atoms with E-state index in [2.05, 4.69) is 39.6 Å². The van der Waals surface area contributed by atoms with Crippen molar-refractivity contribution in [1.82, 2.24) is 9.97 Å². The minimum absolute atomic E-state index is 0.353. The van der Waals surface area contributed by atoms with Crippen LogP contribution in [-0.4, -0.2) is 23.6 Å². The van der Waals surface area contributed by atoms with Crippen LogP contribution >= 0.6 is 23.2 Å². The van der Waals surface area contributed by atoms with Crippen LogP contribution in [0, 0.1) is 0 Å². The molecule has 1 aliphatic carbocycles. The number of hydrogen-bond acceptors (Lipinski definition) is 4. The number of benzene rings is 2. The summed E-state index contributed by atoms with van der Waals surface area (Å²) in [6.07, 6.45) is 5.95. The summed E-state index contributed by atoms with van der Waals surface area (Å²) < 4.78 is 5.35. The Hall–Kier alpha value is -2.30. The molecule has 0 atom stereocenters. The van der Waals surface area contributed by atoms with E-state index in [-0.39, 0.29) is 0 Å². The topological polar surface area (TPSA) is 47.0 Å². The smallest absolute Gasteiger partial charge is 0.318 e. The van der Waals surface area contributed by atoms with E-state index in [1.165, 1.54) is 31.2 Å². The Balaban J connectivity index is 1.51. The lowest BCUT2D eigenvalue weighted by molar-refractivity contribution is 0.381. The molecule has 1 aromatic heterocycles. The van der Waals surface area contributed by atoms with Crippen molar-refractivity contribution in [3.05, 3.63) is 69.7 Å². The Bertz CT molecular complexity index is 1020. The summed E-state index contributed by atoms with van der Waals surface area (Å²) in [5.41, 5.74) is 4.38. The highest BCUT2D eigenvalue weighted by Gasteiger charge is 2.18. The van der Waals surface area contributed by atoms with Gasteiger partial charge in [0.2, 0.25) is 0 Å². The van der Waals surface area contributed by atoms with Crippen LogP contribution in [0.15, 0.2) is 48.5 Å². The molecule has 0 saturated heterocycles. The first-order valence-corrected chi connectivity index (χ1v) is 11.1. The molecule has 0 amide bonds. The molecule has 156 valence electrons. The van der Waals surface area contributed by atoms with Gasteiger partial charge < -0.3 is 10.1 Å². The molecule has 4 nitrogen and oxygen atoms in total. The van der Waals surface area contributed by atoms with E-state index in [1.807, 2.05) is 18.2 Å². The van der Waals surface area contributed by atoms with E-state index in [0.717, 1.165) is 29.1 Å². The van der Waals surface area contributed by atoms with Crippen molar-refractivity contribution in [3.63, 3.8) is 0 Å². The Labute approximate surface area is 187 Å². The Morgan fingerprint density at radius 2 is 1.87 bits per heavy atom. The van der Waals surface area contributed by atoms with Crippen LogP contribution < -0.4 is 10.1 Å². The van der Waals surface area contributed by atoms with Crippen molar-refractivity contribution in [2.24, 2.45) is 0 Å². The van der Waals surface area contributed by atoms with E-state index in [1.54, 1.807) is 13.2 Å². The predicted molar refractivity (Wildman–Crippen MR) is 124 cm³/mol. The number of nitrogens with zero attached hydrogens (tertiary/aromatic N) is 2. The molecular weight excluding hydrogens is 417 g/mol. The Morgan fingerprint density at radius 3 is 2.63 bits per heavy atom. The highest BCUT2D eigenvalue weighted by Crippen LogP contribution is 2.35. The van der Waals surface area contributed by atoms with Crippen molar-refractivity contribution in [2.45, 2.75) is 38.0 Å². The van der Waals surface area contributed by atoms with Crippen LogP contribution in [-0.2, 0) is 6.42 Å². The molecule has 0 unspecified atom stereocenters. The zero-order valence-corrected chi connectivity index (χ0v) is 18.5. The van der Waals surface area contributed by atoms with E-state index < -0.39 is 0 Å². The quantitative estimate of drug-likeness (QED) is 0.439. The zero-order valence-electron chi connectivity index (χ0n) is 17.0. The van der Waals surface area contributed by atoms with Gasteiger partial charge in [-0.2, -0.15) is 9.97 Å². The maximum absolute atomic E-state index is 6.27. The van der Waals surface area contributed by atoms with Crippen LogP contribution in [0.3, 0.4) is 0 Å². The summed E-state index contributed by atoms with van der Waals surface area (Å²) in [4.78, 5) is 9.02. The molecule has 0 aliphatic heterocycles. The maximum Gasteiger partial charge on any atom is 0.318 e. The van der Waals surface area contributed by atoms with Crippen molar-refractivity contribution in [2.75, 3.05) is 19.0 Å². The molecule has 1 saturated carbocycles. The molecule has 6 heteroatoms. The number of hydrogen-bond donors (Lipinski definition) is 1. The third-order valence-electron chi connectivity index (χ3n) is 5.61. The predicted octanol–water partition coefficient (Wildman–Crippen LogP) is 6.77. The van der Waals surface area contributed by atoms with Gasteiger partial charge in [-0.3, -0.25) is 0 Å². The van der Waals surface area contributed by atoms with Crippen LogP contribution in [0.25, 0.3) is 11.3 Å². The lowest BCUT2D eigenvalue weighted by atomic mass is 9.95. The van der Waals surface area contributed by atoms with Gasteiger partial charge in [0.05, 0.1) is 12.8 Å². The molecule has 0 spiro atoms. The van der Waals surface area contributed by atoms with Crippen LogP contribution in [0.5, 0.6) is 6.01 Å². The minimum atomic E-state index is 0.353. The fraction of sp³-hybridized carbons (Fsp3) is 0.333. The van der Waals surface area contributed by atoms with Crippen molar-refractivity contribution < 1.29 is 4.74 Å². The maximum atomic E-state index is 6.27. The summed E-state index contributed by atoms with van der Waals surface area (Å²) in [7, 11) is 1.59. The van der Waals surface area contributed by atoms with Gasteiger partial charge in [-0.1, -0.05) is 60.3 Å². The Kier molecular flexibility index (Phi) is 6.76. The van der Waals surface area contributed by atoms with Gasteiger partial charge in [0, 0.05) is 28.2 Å². The number of aromatic nitrogens is 2. The summed E-state index contributed by atoms with van der Waals surface area (Å²) in [5, 5.41) is 4.68. The normalized spacial score (nSPS) is 14.1. The second kappa shape index (κ2) is 9.67. The largest absolute Gasteiger partial charge is 0.467 e. The molecule has 3 aromatic rings. The minimum Gasteiger partial charge on any atom is -0.467 e. The van der Waals surface area contributed by atoms with Gasteiger partial charge in [0.1, 0.15) is 5.82 Å². The first-order chi connectivity index (χ1) is 14.6. The standard InChI is InChI=1S/C24H25Cl2N3O/c1-30-24-28-22(19-8-4-7-18(13-19)16-5-2-3-6-16)15-23(29-24)27-12-11-17-9-10-20(25)14-21(17)26/h4,7-10,13-16H,2-3,5-6,11-12H2,1H3,(H,27,28,29). The molecule has 1 N–H and O–H groups in total. The van der Waals surface area contributed by atoms with E-state index in [0.29, 0.717) is 28.5 Å². The van der Waals surface area contributed by atoms with Crippen molar-refractivity contribution in [3.8, 4) is 17.3 Å². The van der Waals surface area contributed by atoms with Gasteiger partial charge in [-0.05, 0) is 54.5 Å². The summed E-state index contributed by atoms with van der Waals surface area (Å²) in [5.74, 6) is 1.39. The molecule has 0 bridgehead atoms. The van der Waals surface area contributed by atoms with E-state index in [4.69, 9.17) is 27.9 Å². The van der Waals surface area contributed by atoms with Gasteiger partial charge >= 0.3 is 6.01 Å². The molecule has 4 rings (SSSR count). The van der Waals surface area contributed by atoms with Gasteiger partial charge in [0.25, 0.3) is 0 Å². The number of rotatable bonds is 7. The molecule has 30 heavy (non-hydrogen) atoms. The Morgan fingerprint density at radius 1 is 1.03 bits per heavy atom. The van der Waals surface area contributed by atoms with Crippen molar-refractivity contribution in [1.29, 1.82) is 0 Å². The molecule has 1 heterocycles. The molecule has 1 fully saturated rings. The number of anilines is 1.